The van der Waals surface area contributed by atoms with E-state index in [2.05, 4.69) is 23.8 Å². The zero-order chi connectivity index (χ0) is 12.4. The van der Waals surface area contributed by atoms with Crippen molar-refractivity contribution in [1.29, 1.82) is 0 Å². The Balaban J connectivity index is 0. The second-order valence-electron chi connectivity index (χ2n) is 2.71. The van der Waals surface area contributed by atoms with Gasteiger partial charge in [-0.25, -0.2) is 4.79 Å². The number of hydrogen-bond acceptors (Lipinski definition) is 3. The third-order valence-corrected chi connectivity index (χ3v) is 1.06. The number of ether oxygens (including phenoxy) is 1. The number of amides is 1. The van der Waals surface area contributed by atoms with Gasteiger partial charge in [0.15, 0.2) is 6.61 Å². The molecule has 0 saturated carbocycles. The first-order valence-corrected chi connectivity index (χ1v) is 4.04. The van der Waals surface area contributed by atoms with Crippen molar-refractivity contribution in [1.82, 2.24) is 0 Å². The van der Waals surface area contributed by atoms with Gasteiger partial charge in [0.25, 0.3) is 0 Å². The van der Waals surface area contributed by atoms with Crippen molar-refractivity contribution in [2.24, 2.45) is 5.73 Å². The highest BCUT2D eigenvalue weighted by molar-refractivity contribution is 5.90. The summed E-state index contributed by atoms with van der Waals surface area (Å²) in [5.41, 5.74) is 5.46. The highest BCUT2D eigenvalue weighted by Crippen LogP contribution is 1.89. The third kappa shape index (κ3) is 12.0. The Morgan fingerprint density at radius 3 is 1.93 bits per heavy atom. The van der Waals surface area contributed by atoms with Crippen molar-refractivity contribution < 1.29 is 14.3 Å². The van der Waals surface area contributed by atoms with E-state index in [0.717, 1.165) is 0 Å². The molecule has 0 aliphatic carbocycles. The molecule has 2 N–H and O–H groups in total. The lowest BCUT2D eigenvalue weighted by Gasteiger charge is -1.96. The molecule has 15 heavy (non-hydrogen) atoms. The summed E-state index contributed by atoms with van der Waals surface area (Å²) in [5, 5.41) is 0. The molecule has 0 aliphatic heterocycles. The third-order valence-electron chi connectivity index (χ3n) is 1.06. The molecule has 0 fully saturated rings. The van der Waals surface area contributed by atoms with Gasteiger partial charge in [0.05, 0.1) is 0 Å². The number of carbonyl (C=O) groups excluding carboxylic acids is 2. The fraction of sp³-hybridized carbons (Fsp3) is 0.273. The van der Waals surface area contributed by atoms with E-state index in [1.165, 1.54) is 0 Å². The van der Waals surface area contributed by atoms with Crippen molar-refractivity contribution in [3.8, 4) is 12.3 Å². The second kappa shape index (κ2) is 8.57. The van der Waals surface area contributed by atoms with Gasteiger partial charge in [0.1, 0.15) is 0 Å². The first kappa shape index (κ1) is 15.5. The van der Waals surface area contributed by atoms with Gasteiger partial charge >= 0.3 is 5.97 Å². The van der Waals surface area contributed by atoms with Crippen molar-refractivity contribution >= 4 is 11.9 Å². The Kier molecular flexibility index (Phi) is 8.83. The molecule has 1 amide bonds. The molecule has 0 aliphatic rings. The fourth-order valence-corrected chi connectivity index (χ4v) is 0.230. The molecule has 0 rings (SSSR count). The van der Waals surface area contributed by atoms with Crippen LogP contribution >= 0.6 is 0 Å². The molecule has 0 aromatic rings. The normalized spacial score (nSPS) is 7.53. The second-order valence-corrected chi connectivity index (χ2v) is 2.71. The number of primary amides is 1. The molecule has 0 atom stereocenters. The van der Waals surface area contributed by atoms with Gasteiger partial charge in [0, 0.05) is 11.1 Å². The molecule has 0 saturated heterocycles. The van der Waals surface area contributed by atoms with Crippen molar-refractivity contribution in [3.63, 3.8) is 0 Å². The van der Waals surface area contributed by atoms with Crippen LogP contribution in [-0.2, 0) is 14.3 Å². The average molecular weight is 209 g/mol. The zero-order valence-electron chi connectivity index (χ0n) is 9.00. The lowest BCUT2D eigenvalue weighted by Crippen LogP contribution is -2.10. The van der Waals surface area contributed by atoms with Gasteiger partial charge in [-0.2, -0.15) is 0 Å². The summed E-state index contributed by atoms with van der Waals surface area (Å²) in [4.78, 5) is 20.3. The molecular formula is C11H15NO3. The summed E-state index contributed by atoms with van der Waals surface area (Å²) >= 11 is 0. The Hall–Kier alpha value is -2.02. The summed E-state index contributed by atoms with van der Waals surface area (Å²) in [5.74, 6) is 1.30. The van der Waals surface area contributed by atoms with Crippen LogP contribution in [0.1, 0.15) is 13.8 Å². The molecule has 0 radical (unpaired) electrons. The van der Waals surface area contributed by atoms with Crippen LogP contribution in [-0.4, -0.2) is 18.5 Å². The maximum absolute atomic E-state index is 10.5. The van der Waals surface area contributed by atoms with Crippen LogP contribution in [0.25, 0.3) is 0 Å². The summed E-state index contributed by atoms with van der Waals surface area (Å²) in [7, 11) is 0. The van der Waals surface area contributed by atoms with Crippen molar-refractivity contribution in [2.45, 2.75) is 13.8 Å². The summed E-state index contributed by atoms with van der Waals surface area (Å²) in [6, 6.07) is 0. The quantitative estimate of drug-likeness (QED) is 0.424. The number of esters is 1. The summed E-state index contributed by atoms with van der Waals surface area (Å²) in [6.07, 6.45) is 4.82. The van der Waals surface area contributed by atoms with Gasteiger partial charge in [-0.15, -0.1) is 6.42 Å². The Morgan fingerprint density at radius 1 is 1.33 bits per heavy atom. The van der Waals surface area contributed by atoms with Crippen LogP contribution in [0.5, 0.6) is 0 Å². The van der Waals surface area contributed by atoms with Crippen LogP contribution in [0.4, 0.5) is 0 Å². The fourth-order valence-electron chi connectivity index (χ4n) is 0.230. The van der Waals surface area contributed by atoms with Gasteiger partial charge in [-0.3, -0.25) is 4.79 Å². The molecule has 4 heteroatoms. The smallest absolute Gasteiger partial charge is 0.334 e. The Bertz CT molecular complexity index is 298. The minimum absolute atomic E-state index is 0.0195. The average Bonchev–Trinajstić information content (AvgIpc) is 2.14. The first-order chi connectivity index (χ1) is 6.82. The van der Waals surface area contributed by atoms with Crippen LogP contribution in [0.2, 0.25) is 0 Å². The minimum Gasteiger partial charge on any atom is -0.449 e. The molecule has 0 unspecified atom stereocenters. The number of terminal acetylenes is 1. The van der Waals surface area contributed by atoms with E-state index in [4.69, 9.17) is 12.2 Å². The van der Waals surface area contributed by atoms with Crippen molar-refractivity contribution in [2.75, 3.05) is 6.61 Å². The number of rotatable bonds is 3. The molecule has 0 bridgehead atoms. The highest BCUT2D eigenvalue weighted by atomic mass is 16.5. The minimum atomic E-state index is -0.437. The van der Waals surface area contributed by atoms with E-state index in [1.807, 2.05) is 0 Å². The van der Waals surface area contributed by atoms with Gasteiger partial charge < -0.3 is 10.5 Å². The van der Waals surface area contributed by atoms with E-state index in [1.54, 1.807) is 13.8 Å². The van der Waals surface area contributed by atoms with E-state index < -0.39 is 11.9 Å². The van der Waals surface area contributed by atoms with E-state index in [-0.39, 0.29) is 6.61 Å². The predicted molar refractivity (Wildman–Crippen MR) is 58.6 cm³/mol. The molecule has 82 valence electrons. The van der Waals surface area contributed by atoms with Crippen molar-refractivity contribution in [3.05, 3.63) is 24.3 Å². The number of nitrogens with two attached hydrogens (primary N) is 1. The monoisotopic (exact) mass is 209 g/mol. The van der Waals surface area contributed by atoms with Crippen LogP contribution in [0.15, 0.2) is 24.3 Å². The molecule has 4 nitrogen and oxygen atoms in total. The highest BCUT2D eigenvalue weighted by Gasteiger charge is 1.99. The molecule has 0 aromatic heterocycles. The predicted octanol–water partition coefficient (Wildman–Crippen LogP) is 0.787. The molecular weight excluding hydrogens is 194 g/mol. The maximum atomic E-state index is 10.5. The molecule has 0 heterocycles. The SMILES string of the molecule is C#CCOC(=O)C(=C)C.C=C(C)C(N)=O. The topological polar surface area (TPSA) is 69.4 Å². The van der Waals surface area contributed by atoms with Crippen LogP contribution in [0.3, 0.4) is 0 Å². The molecule has 0 spiro atoms. The Morgan fingerprint density at radius 2 is 1.73 bits per heavy atom. The van der Waals surface area contributed by atoms with Gasteiger partial charge in [0.2, 0.25) is 5.91 Å². The Labute approximate surface area is 89.8 Å². The van der Waals surface area contributed by atoms with Crippen LogP contribution in [0, 0.1) is 12.3 Å². The summed E-state index contributed by atoms with van der Waals surface area (Å²) < 4.78 is 4.48. The maximum Gasteiger partial charge on any atom is 0.334 e. The van der Waals surface area contributed by atoms with E-state index >= 15 is 0 Å². The first-order valence-electron chi connectivity index (χ1n) is 4.04. The zero-order valence-corrected chi connectivity index (χ0v) is 9.00. The summed E-state index contributed by atoms with van der Waals surface area (Å²) in [6.45, 7) is 9.80. The van der Waals surface area contributed by atoms with Gasteiger partial charge in [-0.1, -0.05) is 19.1 Å². The lowest BCUT2D eigenvalue weighted by molar-refractivity contribution is -0.137. The van der Waals surface area contributed by atoms with Gasteiger partial charge in [-0.05, 0) is 13.8 Å². The standard InChI is InChI=1S/C7H8O2.C4H7NO/c1-4-5-9-7(8)6(2)3;1-3(2)4(5)6/h1H,2,5H2,3H3;1H2,2H3,(H2,5,6). The lowest BCUT2D eigenvalue weighted by atomic mass is 10.3. The van der Waals surface area contributed by atoms with E-state index in [0.29, 0.717) is 11.1 Å². The van der Waals surface area contributed by atoms with E-state index in [9.17, 15) is 9.59 Å². The number of hydrogen-bond donors (Lipinski definition) is 1. The largest absolute Gasteiger partial charge is 0.449 e. The number of carbonyl (C=O) groups is 2. The van der Waals surface area contributed by atoms with Crippen LogP contribution < -0.4 is 5.73 Å². The molecule has 0 aromatic carbocycles.